The van der Waals surface area contributed by atoms with Gasteiger partial charge in [-0.2, -0.15) is 5.26 Å². The van der Waals surface area contributed by atoms with Gasteiger partial charge in [0.25, 0.3) is 0 Å². The van der Waals surface area contributed by atoms with Crippen LogP contribution >= 0.6 is 0 Å². The molecule has 2 fully saturated rings. The minimum atomic E-state index is -0.937. The van der Waals surface area contributed by atoms with Crippen molar-refractivity contribution in [1.29, 1.82) is 5.26 Å². The number of likely N-dealkylation sites (tertiary alicyclic amines) is 1. The number of halogens is 1. The van der Waals surface area contributed by atoms with Gasteiger partial charge in [-0.05, 0) is 56.2 Å². The number of piperidine rings is 1. The van der Waals surface area contributed by atoms with Crippen molar-refractivity contribution in [3.63, 3.8) is 0 Å². The van der Waals surface area contributed by atoms with Crippen LogP contribution in [-0.2, 0) is 10.2 Å². The van der Waals surface area contributed by atoms with Gasteiger partial charge in [0.1, 0.15) is 0 Å². The van der Waals surface area contributed by atoms with Gasteiger partial charge in [-0.1, -0.05) is 6.07 Å². The minimum absolute atomic E-state index is 0.0131. The van der Waals surface area contributed by atoms with Crippen molar-refractivity contribution in [3.05, 3.63) is 23.8 Å². The Morgan fingerprint density at radius 2 is 2.00 bits per heavy atom. The number of hydrogen-bond donors (Lipinski definition) is 1. The molecular formula is C20H25FN2O4. The Labute approximate surface area is 158 Å². The Hall–Kier alpha value is -2.33. The normalized spacial score (nSPS) is 20.1. The van der Waals surface area contributed by atoms with Crippen molar-refractivity contribution < 1.29 is 23.8 Å². The zero-order valence-electron chi connectivity index (χ0n) is 15.3. The number of carboxylic acids is 1. The summed E-state index contributed by atoms with van der Waals surface area (Å²) >= 11 is 0. The van der Waals surface area contributed by atoms with Gasteiger partial charge < -0.3 is 14.6 Å². The van der Waals surface area contributed by atoms with Crippen molar-refractivity contribution in [2.24, 2.45) is 0 Å². The maximum absolute atomic E-state index is 12.7. The molecule has 7 heteroatoms. The van der Waals surface area contributed by atoms with Crippen LogP contribution in [0.4, 0.5) is 4.39 Å². The summed E-state index contributed by atoms with van der Waals surface area (Å²) in [6.45, 7) is 0.136. The van der Waals surface area contributed by atoms with Crippen molar-refractivity contribution >= 4 is 5.97 Å². The number of hydrogen-bond acceptors (Lipinski definition) is 5. The highest BCUT2D eigenvalue weighted by Gasteiger charge is 2.37. The third kappa shape index (κ3) is 4.51. The third-order valence-corrected chi connectivity index (χ3v) is 5.58. The molecule has 1 aliphatic heterocycles. The highest BCUT2D eigenvalue weighted by atomic mass is 19.1. The number of carbonyl (C=O) groups is 1. The topological polar surface area (TPSA) is 82.8 Å². The first-order valence-corrected chi connectivity index (χ1v) is 9.42. The Bertz CT molecular complexity index is 704. The second-order valence-corrected chi connectivity index (χ2v) is 7.30. The maximum Gasteiger partial charge on any atom is 0.317 e. The fourth-order valence-electron chi connectivity index (χ4n) is 4.01. The van der Waals surface area contributed by atoms with Crippen molar-refractivity contribution in [2.45, 2.75) is 50.0 Å². The van der Waals surface area contributed by atoms with E-state index in [-0.39, 0.29) is 12.6 Å². The number of benzene rings is 1. The van der Waals surface area contributed by atoms with Crippen LogP contribution in [0.2, 0.25) is 0 Å². The molecule has 146 valence electrons. The van der Waals surface area contributed by atoms with Crippen LogP contribution in [0.1, 0.15) is 44.1 Å². The lowest BCUT2D eigenvalue weighted by Gasteiger charge is -2.37. The monoisotopic (exact) mass is 376 g/mol. The summed E-state index contributed by atoms with van der Waals surface area (Å²) in [7, 11) is 0. The molecule has 0 unspecified atom stereocenters. The summed E-state index contributed by atoms with van der Waals surface area (Å²) in [5.41, 5.74) is 0.121. The number of nitrogens with zero attached hydrogens (tertiary/aromatic N) is 2. The highest BCUT2D eigenvalue weighted by molar-refractivity contribution is 5.69. The smallest absolute Gasteiger partial charge is 0.317 e. The van der Waals surface area contributed by atoms with Gasteiger partial charge in [0.15, 0.2) is 11.5 Å². The SMILES string of the molecule is N#CC1(c2ccc(OCF)c(OC3CCCC3)c2)CCN(CC(=O)O)CC1. The summed E-state index contributed by atoms with van der Waals surface area (Å²) in [4.78, 5) is 12.8. The lowest BCUT2D eigenvalue weighted by Crippen LogP contribution is -2.43. The fourth-order valence-corrected chi connectivity index (χ4v) is 4.01. The number of nitriles is 1. The number of carboxylic acid groups (broad SMARTS) is 1. The molecular weight excluding hydrogens is 351 g/mol. The van der Waals surface area contributed by atoms with E-state index in [1.165, 1.54) is 0 Å². The molecule has 2 aliphatic rings. The van der Waals surface area contributed by atoms with E-state index in [4.69, 9.17) is 14.6 Å². The lowest BCUT2D eigenvalue weighted by atomic mass is 9.74. The summed E-state index contributed by atoms with van der Waals surface area (Å²) < 4.78 is 23.9. The zero-order valence-corrected chi connectivity index (χ0v) is 15.3. The first-order valence-electron chi connectivity index (χ1n) is 9.42. The number of ether oxygens (including phenoxy) is 2. The second-order valence-electron chi connectivity index (χ2n) is 7.30. The predicted molar refractivity (Wildman–Crippen MR) is 96.5 cm³/mol. The van der Waals surface area contributed by atoms with Gasteiger partial charge in [0.2, 0.25) is 6.86 Å². The third-order valence-electron chi connectivity index (χ3n) is 5.58. The van der Waals surface area contributed by atoms with E-state index in [0.717, 1.165) is 31.2 Å². The molecule has 0 aromatic heterocycles. The number of rotatable bonds is 7. The van der Waals surface area contributed by atoms with Crippen LogP contribution < -0.4 is 9.47 Å². The first kappa shape index (κ1) is 19.4. The molecule has 1 saturated heterocycles. The standard InChI is InChI=1S/C20H25FN2O4/c21-14-26-17-6-5-15(11-18(17)27-16-3-1-2-4-16)20(13-22)7-9-23(10-8-20)12-19(24)25/h5-6,11,16H,1-4,7-10,12,14H2,(H,24,25). The van der Waals surface area contributed by atoms with E-state index >= 15 is 0 Å². The summed E-state index contributed by atoms with van der Waals surface area (Å²) in [6.07, 6.45) is 5.35. The molecule has 27 heavy (non-hydrogen) atoms. The fraction of sp³-hybridized carbons (Fsp3) is 0.600. The average molecular weight is 376 g/mol. The summed E-state index contributed by atoms with van der Waals surface area (Å²) in [5, 5.41) is 18.8. The Morgan fingerprint density at radius 3 is 2.59 bits per heavy atom. The van der Waals surface area contributed by atoms with Crippen LogP contribution in [0.5, 0.6) is 11.5 Å². The van der Waals surface area contributed by atoms with Gasteiger partial charge >= 0.3 is 5.97 Å². The van der Waals surface area contributed by atoms with E-state index in [2.05, 4.69) is 6.07 Å². The maximum atomic E-state index is 12.7. The van der Waals surface area contributed by atoms with Gasteiger partial charge in [-0.25, -0.2) is 4.39 Å². The van der Waals surface area contributed by atoms with Crippen molar-refractivity contribution in [2.75, 3.05) is 26.5 Å². The molecule has 1 heterocycles. The van der Waals surface area contributed by atoms with Crippen LogP contribution in [0, 0.1) is 11.3 Å². The first-order chi connectivity index (χ1) is 13.1. The minimum Gasteiger partial charge on any atom is -0.487 e. The molecule has 1 aromatic carbocycles. The molecule has 0 bridgehead atoms. The summed E-state index contributed by atoms with van der Waals surface area (Å²) in [6, 6.07) is 7.70. The van der Waals surface area contributed by atoms with E-state index in [0.29, 0.717) is 37.4 Å². The molecule has 0 atom stereocenters. The largest absolute Gasteiger partial charge is 0.487 e. The Balaban J connectivity index is 1.81. The number of alkyl halides is 1. The molecule has 0 spiro atoms. The van der Waals surface area contributed by atoms with Gasteiger partial charge in [0.05, 0.1) is 24.1 Å². The van der Waals surface area contributed by atoms with Crippen LogP contribution in [0.3, 0.4) is 0 Å². The van der Waals surface area contributed by atoms with E-state index in [9.17, 15) is 14.4 Å². The van der Waals surface area contributed by atoms with Crippen molar-refractivity contribution in [1.82, 2.24) is 4.90 Å². The zero-order chi connectivity index (χ0) is 19.3. The molecule has 3 rings (SSSR count). The van der Waals surface area contributed by atoms with Gasteiger partial charge in [0, 0.05) is 13.1 Å². The predicted octanol–water partition coefficient (Wildman–Crippen LogP) is 3.26. The lowest BCUT2D eigenvalue weighted by molar-refractivity contribution is -0.138. The molecule has 0 radical (unpaired) electrons. The quantitative estimate of drug-likeness (QED) is 0.787. The average Bonchev–Trinajstić information content (AvgIpc) is 3.17. The van der Waals surface area contributed by atoms with Crippen molar-refractivity contribution in [3.8, 4) is 17.6 Å². The second kappa shape index (κ2) is 8.57. The number of aliphatic carboxylic acids is 1. The Kier molecular flexibility index (Phi) is 6.17. The summed E-state index contributed by atoms with van der Waals surface area (Å²) in [5.74, 6) is -0.0244. The molecule has 6 nitrogen and oxygen atoms in total. The van der Waals surface area contributed by atoms with E-state index in [1.807, 2.05) is 4.90 Å². The van der Waals surface area contributed by atoms with Crippen LogP contribution in [-0.4, -0.2) is 48.6 Å². The molecule has 1 N–H and O–H groups in total. The molecule has 1 aliphatic carbocycles. The highest BCUT2D eigenvalue weighted by Crippen LogP contribution is 2.40. The Morgan fingerprint density at radius 1 is 1.30 bits per heavy atom. The van der Waals surface area contributed by atoms with Gasteiger partial charge in [-0.15, -0.1) is 0 Å². The van der Waals surface area contributed by atoms with Crippen LogP contribution in [0.15, 0.2) is 18.2 Å². The molecule has 1 saturated carbocycles. The molecule has 0 amide bonds. The molecule has 1 aromatic rings. The van der Waals surface area contributed by atoms with E-state index in [1.54, 1.807) is 18.2 Å². The van der Waals surface area contributed by atoms with Crippen LogP contribution in [0.25, 0.3) is 0 Å². The van der Waals surface area contributed by atoms with E-state index < -0.39 is 18.2 Å². The van der Waals surface area contributed by atoms with Gasteiger partial charge in [-0.3, -0.25) is 9.69 Å².